The van der Waals surface area contributed by atoms with Gasteiger partial charge >= 0.3 is 6.03 Å². The van der Waals surface area contributed by atoms with Crippen LogP contribution in [0.4, 0.5) is 4.79 Å². The van der Waals surface area contributed by atoms with Gasteiger partial charge in [0.15, 0.2) is 0 Å². The molecule has 0 aromatic heterocycles. The van der Waals surface area contributed by atoms with Crippen LogP contribution < -0.4 is 5.32 Å². The van der Waals surface area contributed by atoms with Crippen LogP contribution in [0, 0.1) is 0 Å². The van der Waals surface area contributed by atoms with Crippen LogP contribution in [0.25, 0.3) is 0 Å². The summed E-state index contributed by atoms with van der Waals surface area (Å²) in [6, 6.07) is 0.0207. The van der Waals surface area contributed by atoms with E-state index in [1.165, 1.54) is 0 Å². The van der Waals surface area contributed by atoms with Crippen molar-refractivity contribution >= 4 is 11.9 Å². The van der Waals surface area contributed by atoms with Crippen molar-refractivity contribution in [1.29, 1.82) is 0 Å². The van der Waals surface area contributed by atoms with Crippen LogP contribution in [0.5, 0.6) is 0 Å². The van der Waals surface area contributed by atoms with Gasteiger partial charge in [0.05, 0.1) is 0 Å². The predicted octanol–water partition coefficient (Wildman–Crippen LogP) is -0.578. The van der Waals surface area contributed by atoms with E-state index in [0.29, 0.717) is 39.1 Å². The van der Waals surface area contributed by atoms with Crippen LogP contribution in [-0.2, 0) is 4.79 Å². The maximum atomic E-state index is 11.7. The van der Waals surface area contributed by atoms with Gasteiger partial charge in [-0.1, -0.05) is 0 Å². The molecule has 98 valence electrons. The molecule has 1 rings (SSSR count). The van der Waals surface area contributed by atoms with Gasteiger partial charge in [-0.2, -0.15) is 0 Å². The van der Waals surface area contributed by atoms with E-state index in [0.717, 1.165) is 0 Å². The number of nitrogens with one attached hydrogen (secondary N) is 1. The Morgan fingerprint density at radius 2 is 1.65 bits per heavy atom. The summed E-state index contributed by atoms with van der Waals surface area (Å²) in [5.74, 6) is 0.163. The lowest BCUT2D eigenvalue weighted by molar-refractivity contribution is -0.132. The third-order valence-electron chi connectivity index (χ3n) is 2.87. The first kappa shape index (κ1) is 13.8. The summed E-state index contributed by atoms with van der Waals surface area (Å²) in [5, 5.41) is 2.96. The number of carbonyl (C=O) groups is 2. The van der Waals surface area contributed by atoms with Gasteiger partial charge in [0, 0.05) is 53.2 Å². The third kappa shape index (κ3) is 3.89. The van der Waals surface area contributed by atoms with E-state index in [4.69, 9.17) is 0 Å². The summed E-state index contributed by atoms with van der Waals surface area (Å²) in [5.41, 5.74) is 0. The number of hydrogen-bond donors (Lipinski definition) is 1. The quantitative estimate of drug-likeness (QED) is 0.720. The molecule has 0 spiro atoms. The van der Waals surface area contributed by atoms with Crippen LogP contribution in [0.15, 0.2) is 0 Å². The number of rotatable bonds is 3. The van der Waals surface area contributed by atoms with Crippen LogP contribution >= 0.6 is 0 Å². The molecular formula is C11H22N4O2. The minimum atomic E-state index is 0.0207. The summed E-state index contributed by atoms with van der Waals surface area (Å²) in [6.07, 6.45) is 0.526. The monoisotopic (exact) mass is 242 g/mol. The van der Waals surface area contributed by atoms with Crippen molar-refractivity contribution in [1.82, 2.24) is 20.0 Å². The molecule has 0 bridgehead atoms. The van der Waals surface area contributed by atoms with Gasteiger partial charge in [-0.25, -0.2) is 4.79 Å². The molecule has 1 fully saturated rings. The van der Waals surface area contributed by atoms with Gasteiger partial charge in [-0.05, 0) is 7.05 Å². The highest BCUT2D eigenvalue weighted by atomic mass is 16.2. The van der Waals surface area contributed by atoms with Crippen LogP contribution in [0.1, 0.15) is 6.42 Å². The molecule has 0 atom stereocenters. The van der Waals surface area contributed by atoms with Crippen molar-refractivity contribution in [2.24, 2.45) is 0 Å². The summed E-state index contributed by atoms with van der Waals surface area (Å²) in [4.78, 5) is 28.6. The molecule has 1 heterocycles. The third-order valence-corrected chi connectivity index (χ3v) is 2.87. The second-order valence-electron chi connectivity index (χ2n) is 4.40. The lowest BCUT2D eigenvalue weighted by atomic mass is 10.3. The number of piperazine rings is 1. The van der Waals surface area contributed by atoms with Crippen LogP contribution in [0.2, 0.25) is 0 Å². The minimum absolute atomic E-state index is 0.0207. The topological polar surface area (TPSA) is 55.9 Å². The molecule has 6 nitrogen and oxygen atoms in total. The fourth-order valence-electron chi connectivity index (χ4n) is 1.82. The number of carbonyl (C=O) groups excluding carboxylic acids is 2. The largest absolute Gasteiger partial charge is 0.339 e. The number of amides is 3. The molecule has 0 aromatic rings. The Bertz CT molecular complexity index is 273. The van der Waals surface area contributed by atoms with Crippen molar-refractivity contribution in [3.05, 3.63) is 0 Å². The minimum Gasteiger partial charge on any atom is -0.339 e. The Morgan fingerprint density at radius 3 is 2.12 bits per heavy atom. The Balaban J connectivity index is 2.35. The van der Waals surface area contributed by atoms with E-state index in [9.17, 15) is 9.59 Å². The highest BCUT2D eigenvalue weighted by Gasteiger charge is 2.24. The van der Waals surface area contributed by atoms with Crippen molar-refractivity contribution in [3.63, 3.8) is 0 Å². The molecule has 1 aliphatic heterocycles. The maximum Gasteiger partial charge on any atom is 0.319 e. The van der Waals surface area contributed by atoms with Gasteiger partial charge in [0.2, 0.25) is 5.91 Å². The van der Waals surface area contributed by atoms with E-state index < -0.39 is 0 Å². The first-order valence-corrected chi connectivity index (χ1v) is 5.95. The molecule has 6 heteroatoms. The smallest absolute Gasteiger partial charge is 0.319 e. The molecule has 1 saturated heterocycles. The number of nitrogens with zero attached hydrogens (tertiary/aromatic N) is 3. The van der Waals surface area contributed by atoms with E-state index in [1.54, 1.807) is 23.9 Å². The lowest BCUT2D eigenvalue weighted by Crippen LogP contribution is -2.53. The molecule has 1 N–H and O–H groups in total. The van der Waals surface area contributed by atoms with Crippen LogP contribution in [0.3, 0.4) is 0 Å². The molecule has 0 unspecified atom stereocenters. The van der Waals surface area contributed by atoms with E-state index >= 15 is 0 Å². The Kier molecular flexibility index (Phi) is 5.21. The van der Waals surface area contributed by atoms with Crippen molar-refractivity contribution in [2.75, 3.05) is 53.9 Å². The number of urea groups is 1. The summed E-state index contributed by atoms with van der Waals surface area (Å²) >= 11 is 0. The second kappa shape index (κ2) is 6.44. The Morgan fingerprint density at radius 1 is 1.12 bits per heavy atom. The van der Waals surface area contributed by atoms with Crippen LogP contribution in [-0.4, -0.2) is 80.5 Å². The molecular weight excluding hydrogens is 220 g/mol. The number of hydrogen-bond acceptors (Lipinski definition) is 3. The normalized spacial score (nSPS) is 15.9. The van der Waals surface area contributed by atoms with Crippen molar-refractivity contribution in [2.45, 2.75) is 6.42 Å². The molecule has 0 radical (unpaired) electrons. The SMILES string of the molecule is CNCCC(=O)N1CCN(C(=O)N(C)C)CC1. The Labute approximate surface area is 103 Å². The van der Waals surface area contributed by atoms with Gasteiger partial charge < -0.3 is 20.0 Å². The molecule has 0 aliphatic carbocycles. The van der Waals surface area contributed by atoms with Gasteiger partial charge in [0.1, 0.15) is 0 Å². The average Bonchev–Trinajstić information content (AvgIpc) is 2.35. The maximum absolute atomic E-state index is 11.7. The zero-order chi connectivity index (χ0) is 12.8. The van der Waals surface area contributed by atoms with Gasteiger partial charge in [0.25, 0.3) is 0 Å². The molecule has 3 amide bonds. The molecule has 0 aromatic carbocycles. The van der Waals surface area contributed by atoms with Crippen molar-refractivity contribution in [3.8, 4) is 0 Å². The standard InChI is InChI=1S/C11H22N4O2/c1-12-5-4-10(16)14-6-8-15(9-7-14)11(17)13(2)3/h12H,4-9H2,1-3H3. The fourth-order valence-corrected chi connectivity index (χ4v) is 1.82. The fraction of sp³-hybridized carbons (Fsp3) is 0.818. The first-order chi connectivity index (χ1) is 8.06. The molecule has 0 saturated carbocycles. The summed E-state index contributed by atoms with van der Waals surface area (Å²) in [6.45, 7) is 3.24. The van der Waals surface area contributed by atoms with E-state index in [2.05, 4.69) is 5.32 Å². The zero-order valence-corrected chi connectivity index (χ0v) is 10.9. The van der Waals surface area contributed by atoms with Crippen molar-refractivity contribution < 1.29 is 9.59 Å². The zero-order valence-electron chi connectivity index (χ0n) is 10.9. The predicted molar refractivity (Wildman–Crippen MR) is 65.8 cm³/mol. The van der Waals surface area contributed by atoms with E-state index in [1.807, 2.05) is 11.9 Å². The Hall–Kier alpha value is -1.30. The summed E-state index contributed by atoms with van der Waals surface area (Å²) in [7, 11) is 5.32. The highest BCUT2D eigenvalue weighted by Crippen LogP contribution is 2.05. The first-order valence-electron chi connectivity index (χ1n) is 5.95. The second-order valence-corrected chi connectivity index (χ2v) is 4.40. The average molecular weight is 242 g/mol. The highest BCUT2D eigenvalue weighted by molar-refractivity contribution is 5.77. The molecule has 1 aliphatic rings. The van der Waals surface area contributed by atoms with E-state index in [-0.39, 0.29) is 11.9 Å². The van der Waals surface area contributed by atoms with Gasteiger partial charge in [-0.15, -0.1) is 0 Å². The van der Waals surface area contributed by atoms with Gasteiger partial charge in [-0.3, -0.25) is 4.79 Å². The summed E-state index contributed by atoms with van der Waals surface area (Å²) < 4.78 is 0. The molecule has 17 heavy (non-hydrogen) atoms. The lowest BCUT2D eigenvalue weighted by Gasteiger charge is -2.36.